The molecule has 0 aliphatic rings. The number of carbonyl (C=O) groups is 1. The number of hydrogen-bond donors (Lipinski definition) is 1. The molecule has 118 valence electrons. The standard InChI is InChI=1S/C15H20N4O3/c1-15(2,3)22-14(20)17-11-8-6-7-10(13(11)21-5)12-9-16-19(4)18-12/h6-9H,1-5H3,(H,17,20). The normalized spacial score (nSPS) is 11.1. The highest BCUT2D eigenvalue weighted by Gasteiger charge is 2.19. The maximum atomic E-state index is 11.9. The van der Waals surface area contributed by atoms with E-state index in [1.807, 2.05) is 6.07 Å². The van der Waals surface area contributed by atoms with Crippen molar-refractivity contribution in [2.45, 2.75) is 26.4 Å². The summed E-state index contributed by atoms with van der Waals surface area (Å²) < 4.78 is 10.7. The Hall–Kier alpha value is -2.57. The van der Waals surface area contributed by atoms with Crippen LogP contribution in [0.4, 0.5) is 10.5 Å². The lowest BCUT2D eigenvalue weighted by Crippen LogP contribution is -2.27. The van der Waals surface area contributed by atoms with Crippen LogP contribution >= 0.6 is 0 Å². The molecule has 0 aliphatic heterocycles. The van der Waals surface area contributed by atoms with Crippen molar-refractivity contribution in [3.63, 3.8) is 0 Å². The van der Waals surface area contributed by atoms with Crippen molar-refractivity contribution < 1.29 is 14.3 Å². The zero-order chi connectivity index (χ0) is 16.3. The van der Waals surface area contributed by atoms with Crippen LogP contribution < -0.4 is 10.1 Å². The number of nitrogens with zero attached hydrogens (tertiary/aromatic N) is 3. The Kier molecular flexibility index (Phi) is 4.35. The average Bonchev–Trinajstić information content (AvgIpc) is 2.82. The molecule has 0 radical (unpaired) electrons. The molecule has 2 rings (SSSR count). The largest absolute Gasteiger partial charge is 0.494 e. The van der Waals surface area contributed by atoms with Crippen LogP contribution in [-0.4, -0.2) is 33.8 Å². The third kappa shape index (κ3) is 3.75. The summed E-state index contributed by atoms with van der Waals surface area (Å²) in [5, 5.41) is 11.0. The SMILES string of the molecule is COc1c(NC(=O)OC(C)(C)C)cccc1-c1cnn(C)n1. The summed E-state index contributed by atoms with van der Waals surface area (Å²) in [5.74, 6) is 0.508. The molecule has 0 bridgehead atoms. The number of amides is 1. The summed E-state index contributed by atoms with van der Waals surface area (Å²) in [6.07, 6.45) is 1.09. The molecule has 7 nitrogen and oxygen atoms in total. The predicted octanol–water partition coefficient (Wildman–Crippen LogP) is 2.84. The molecule has 1 aromatic heterocycles. The Morgan fingerprint density at radius 3 is 2.59 bits per heavy atom. The third-order valence-electron chi connectivity index (χ3n) is 2.73. The number of nitrogens with one attached hydrogen (secondary N) is 1. The lowest BCUT2D eigenvalue weighted by Gasteiger charge is -2.20. The van der Waals surface area contributed by atoms with E-state index >= 15 is 0 Å². The first-order chi connectivity index (χ1) is 10.3. The maximum absolute atomic E-state index is 11.9. The summed E-state index contributed by atoms with van der Waals surface area (Å²) >= 11 is 0. The predicted molar refractivity (Wildman–Crippen MR) is 82.8 cm³/mol. The van der Waals surface area contributed by atoms with E-state index < -0.39 is 11.7 Å². The fourth-order valence-electron chi connectivity index (χ4n) is 1.94. The van der Waals surface area contributed by atoms with Gasteiger partial charge >= 0.3 is 6.09 Å². The second-order valence-corrected chi connectivity index (χ2v) is 5.73. The Morgan fingerprint density at radius 2 is 2.05 bits per heavy atom. The summed E-state index contributed by atoms with van der Waals surface area (Å²) in [4.78, 5) is 13.4. The van der Waals surface area contributed by atoms with Gasteiger partial charge in [0.2, 0.25) is 0 Å². The van der Waals surface area contributed by atoms with Crippen molar-refractivity contribution in [2.75, 3.05) is 12.4 Å². The lowest BCUT2D eigenvalue weighted by atomic mass is 10.1. The molecule has 1 amide bonds. The number of aryl methyl sites for hydroxylation is 1. The van der Waals surface area contributed by atoms with E-state index in [1.54, 1.807) is 46.1 Å². The van der Waals surface area contributed by atoms with E-state index in [4.69, 9.17) is 9.47 Å². The van der Waals surface area contributed by atoms with E-state index in [0.717, 1.165) is 5.56 Å². The molecule has 1 aromatic carbocycles. The van der Waals surface area contributed by atoms with Crippen LogP contribution in [0.2, 0.25) is 0 Å². The van der Waals surface area contributed by atoms with E-state index in [2.05, 4.69) is 15.5 Å². The van der Waals surface area contributed by atoms with E-state index in [-0.39, 0.29) is 0 Å². The van der Waals surface area contributed by atoms with Gasteiger partial charge in [0.1, 0.15) is 11.3 Å². The number of methoxy groups -OCH3 is 1. The van der Waals surface area contributed by atoms with Crippen molar-refractivity contribution >= 4 is 11.8 Å². The number of anilines is 1. The minimum Gasteiger partial charge on any atom is -0.494 e. The van der Waals surface area contributed by atoms with Crippen molar-refractivity contribution in [1.29, 1.82) is 0 Å². The minimum absolute atomic E-state index is 0.508. The number of aromatic nitrogens is 3. The average molecular weight is 304 g/mol. The first-order valence-electron chi connectivity index (χ1n) is 6.84. The van der Waals surface area contributed by atoms with Crippen LogP contribution in [0.1, 0.15) is 20.8 Å². The molecule has 2 aromatic rings. The van der Waals surface area contributed by atoms with Crippen LogP contribution in [-0.2, 0) is 11.8 Å². The molecule has 0 saturated carbocycles. The topological polar surface area (TPSA) is 78.3 Å². The molecule has 7 heteroatoms. The fourth-order valence-corrected chi connectivity index (χ4v) is 1.94. The molecule has 1 N–H and O–H groups in total. The Morgan fingerprint density at radius 1 is 1.32 bits per heavy atom. The molecule has 0 spiro atoms. The number of rotatable bonds is 3. The summed E-state index contributed by atoms with van der Waals surface area (Å²) in [6.45, 7) is 5.42. The van der Waals surface area contributed by atoms with Crippen molar-refractivity contribution in [3.05, 3.63) is 24.4 Å². The van der Waals surface area contributed by atoms with Gasteiger partial charge in [-0.1, -0.05) is 6.07 Å². The second kappa shape index (κ2) is 6.05. The molecule has 0 unspecified atom stereocenters. The highest BCUT2D eigenvalue weighted by atomic mass is 16.6. The minimum atomic E-state index is -0.570. The smallest absolute Gasteiger partial charge is 0.412 e. The highest BCUT2D eigenvalue weighted by molar-refractivity contribution is 5.89. The van der Waals surface area contributed by atoms with E-state index in [1.165, 1.54) is 11.9 Å². The van der Waals surface area contributed by atoms with Crippen LogP contribution in [0.25, 0.3) is 11.3 Å². The molecule has 0 aliphatic carbocycles. The molecule has 0 fully saturated rings. The molecule has 0 atom stereocenters. The zero-order valence-electron chi connectivity index (χ0n) is 13.4. The summed E-state index contributed by atoms with van der Waals surface area (Å²) in [6, 6.07) is 5.39. The number of hydrogen-bond acceptors (Lipinski definition) is 5. The Labute approximate surface area is 129 Å². The van der Waals surface area contributed by atoms with Crippen LogP contribution in [0.5, 0.6) is 5.75 Å². The molecular formula is C15H20N4O3. The van der Waals surface area contributed by atoms with Gasteiger partial charge < -0.3 is 9.47 Å². The maximum Gasteiger partial charge on any atom is 0.412 e. The quantitative estimate of drug-likeness (QED) is 0.943. The van der Waals surface area contributed by atoms with Crippen molar-refractivity contribution in [1.82, 2.24) is 15.0 Å². The molecule has 22 heavy (non-hydrogen) atoms. The van der Waals surface area contributed by atoms with Gasteiger partial charge in [-0.05, 0) is 32.9 Å². The van der Waals surface area contributed by atoms with Gasteiger partial charge in [0.05, 0.1) is 19.0 Å². The van der Waals surface area contributed by atoms with Crippen LogP contribution in [0.15, 0.2) is 24.4 Å². The lowest BCUT2D eigenvalue weighted by molar-refractivity contribution is 0.0635. The highest BCUT2D eigenvalue weighted by Crippen LogP contribution is 2.35. The van der Waals surface area contributed by atoms with Crippen LogP contribution in [0.3, 0.4) is 0 Å². The Bertz CT molecular complexity index is 674. The van der Waals surface area contributed by atoms with E-state index in [9.17, 15) is 4.79 Å². The monoisotopic (exact) mass is 304 g/mol. The van der Waals surface area contributed by atoms with Gasteiger partial charge in [-0.3, -0.25) is 5.32 Å². The van der Waals surface area contributed by atoms with Crippen molar-refractivity contribution in [3.8, 4) is 17.0 Å². The number of ether oxygens (including phenoxy) is 2. The number of benzene rings is 1. The first kappa shape index (κ1) is 15.8. The van der Waals surface area contributed by atoms with Gasteiger partial charge in [-0.15, -0.1) is 0 Å². The first-order valence-corrected chi connectivity index (χ1v) is 6.84. The van der Waals surface area contributed by atoms with Gasteiger partial charge in [-0.25, -0.2) is 4.79 Å². The third-order valence-corrected chi connectivity index (χ3v) is 2.73. The van der Waals surface area contributed by atoms with Gasteiger partial charge in [0, 0.05) is 12.6 Å². The Balaban J connectivity index is 2.31. The summed E-state index contributed by atoms with van der Waals surface area (Å²) in [5.41, 5.74) is 1.34. The fraction of sp³-hybridized carbons (Fsp3) is 0.400. The van der Waals surface area contributed by atoms with E-state index in [0.29, 0.717) is 17.1 Å². The zero-order valence-corrected chi connectivity index (χ0v) is 13.4. The van der Waals surface area contributed by atoms with Gasteiger partial charge in [0.25, 0.3) is 0 Å². The van der Waals surface area contributed by atoms with Crippen LogP contribution in [0, 0.1) is 0 Å². The number of para-hydroxylation sites is 1. The molecular weight excluding hydrogens is 284 g/mol. The second-order valence-electron chi connectivity index (χ2n) is 5.73. The van der Waals surface area contributed by atoms with Gasteiger partial charge in [0.15, 0.2) is 5.75 Å². The van der Waals surface area contributed by atoms with Crippen molar-refractivity contribution in [2.24, 2.45) is 7.05 Å². The molecule has 1 heterocycles. The van der Waals surface area contributed by atoms with Gasteiger partial charge in [-0.2, -0.15) is 15.0 Å². The summed E-state index contributed by atoms with van der Waals surface area (Å²) in [7, 11) is 3.27. The number of carbonyl (C=O) groups excluding carboxylic acids is 1. The molecule has 0 saturated heterocycles.